The van der Waals surface area contributed by atoms with Crippen molar-refractivity contribution in [2.75, 3.05) is 4.90 Å². The highest BCUT2D eigenvalue weighted by atomic mass is 16.2. The zero-order chi connectivity index (χ0) is 12.7. The number of aromatic nitrogens is 1. The van der Waals surface area contributed by atoms with Crippen LogP contribution in [-0.4, -0.2) is 16.8 Å². The molecule has 0 unspecified atom stereocenters. The summed E-state index contributed by atoms with van der Waals surface area (Å²) in [4.78, 5) is 30.1. The molecule has 2 fully saturated rings. The van der Waals surface area contributed by atoms with Crippen LogP contribution in [0, 0.1) is 18.8 Å². The largest absolute Gasteiger partial charge is 0.274 e. The number of amides is 2. The minimum absolute atomic E-state index is 0.0530. The van der Waals surface area contributed by atoms with Crippen LogP contribution in [0.5, 0.6) is 0 Å². The average Bonchev–Trinajstić information content (AvgIpc) is 2.63. The lowest BCUT2D eigenvalue weighted by Gasteiger charge is -2.19. The molecule has 0 aromatic carbocycles. The summed E-state index contributed by atoms with van der Waals surface area (Å²) < 4.78 is 0. The summed E-state index contributed by atoms with van der Waals surface area (Å²) in [6, 6.07) is 3.66. The van der Waals surface area contributed by atoms with E-state index in [9.17, 15) is 9.59 Å². The summed E-state index contributed by atoms with van der Waals surface area (Å²) in [7, 11) is 0. The van der Waals surface area contributed by atoms with Crippen molar-refractivity contribution in [3.63, 3.8) is 0 Å². The first-order chi connectivity index (χ1) is 8.68. The van der Waals surface area contributed by atoms with Gasteiger partial charge in [-0.15, -0.1) is 0 Å². The van der Waals surface area contributed by atoms with E-state index in [1.807, 2.05) is 13.0 Å². The maximum atomic E-state index is 12.3. The molecule has 0 radical (unpaired) electrons. The smallest absolute Gasteiger partial charge is 0.238 e. The number of carbonyl (C=O) groups excluding carboxylic acids is 2. The fraction of sp³-hybridized carbons (Fsp3) is 0.500. The molecule has 1 aliphatic heterocycles. The number of anilines is 1. The number of nitrogens with zero attached hydrogens (tertiary/aromatic N) is 2. The zero-order valence-electron chi connectivity index (χ0n) is 10.4. The molecule has 18 heavy (non-hydrogen) atoms. The number of hydrogen-bond acceptors (Lipinski definition) is 3. The summed E-state index contributed by atoms with van der Waals surface area (Å²) in [6.45, 7) is 1.93. The Labute approximate surface area is 106 Å². The Balaban J connectivity index is 1.97. The lowest BCUT2D eigenvalue weighted by molar-refractivity contribution is -0.122. The van der Waals surface area contributed by atoms with Crippen molar-refractivity contribution in [3.8, 4) is 0 Å². The topological polar surface area (TPSA) is 50.3 Å². The first kappa shape index (κ1) is 11.4. The monoisotopic (exact) mass is 244 g/mol. The molecule has 3 rings (SSSR count). The van der Waals surface area contributed by atoms with E-state index in [1.54, 1.807) is 12.3 Å². The summed E-state index contributed by atoms with van der Waals surface area (Å²) >= 11 is 0. The second kappa shape index (κ2) is 4.19. The molecule has 4 nitrogen and oxygen atoms in total. The van der Waals surface area contributed by atoms with E-state index in [-0.39, 0.29) is 23.7 Å². The molecular weight excluding hydrogens is 228 g/mol. The van der Waals surface area contributed by atoms with Crippen molar-refractivity contribution in [2.45, 2.75) is 32.6 Å². The number of aryl methyl sites for hydroxylation is 1. The van der Waals surface area contributed by atoms with E-state index >= 15 is 0 Å². The predicted octanol–water partition coefficient (Wildman–Crippen LogP) is 2.07. The van der Waals surface area contributed by atoms with Gasteiger partial charge in [0, 0.05) is 6.20 Å². The van der Waals surface area contributed by atoms with Crippen LogP contribution in [0.2, 0.25) is 0 Å². The standard InChI is InChI=1S/C14H16N2O2/c1-9-6-7-15-12(8-9)16-13(17)10-4-2-3-5-11(10)14(16)18/h6-8,10-11H,2-5H2,1H3/t10-,11+. The number of fused-ring (bicyclic) bond motifs is 1. The van der Waals surface area contributed by atoms with Crippen molar-refractivity contribution >= 4 is 17.6 Å². The number of pyridine rings is 1. The molecule has 1 saturated carbocycles. The van der Waals surface area contributed by atoms with E-state index in [0.717, 1.165) is 31.2 Å². The van der Waals surface area contributed by atoms with Gasteiger partial charge in [0.15, 0.2) is 0 Å². The predicted molar refractivity (Wildman–Crippen MR) is 66.9 cm³/mol. The third-order valence-corrected chi connectivity index (χ3v) is 3.97. The Morgan fingerprint density at radius 3 is 2.33 bits per heavy atom. The highest BCUT2D eigenvalue weighted by Crippen LogP contribution is 2.39. The Kier molecular flexibility index (Phi) is 2.65. The molecular formula is C14H16N2O2. The van der Waals surface area contributed by atoms with E-state index in [1.165, 1.54) is 4.90 Å². The first-order valence-corrected chi connectivity index (χ1v) is 6.49. The van der Waals surface area contributed by atoms with Gasteiger partial charge >= 0.3 is 0 Å². The maximum absolute atomic E-state index is 12.3. The number of imide groups is 1. The van der Waals surface area contributed by atoms with Crippen LogP contribution in [0.15, 0.2) is 18.3 Å². The van der Waals surface area contributed by atoms with Crippen LogP contribution in [0.4, 0.5) is 5.82 Å². The second-order valence-electron chi connectivity index (χ2n) is 5.20. The zero-order valence-corrected chi connectivity index (χ0v) is 10.4. The van der Waals surface area contributed by atoms with E-state index in [0.29, 0.717) is 5.82 Å². The number of carbonyl (C=O) groups is 2. The molecule has 1 aromatic rings. The highest BCUT2D eigenvalue weighted by Gasteiger charge is 2.49. The lowest BCUT2D eigenvalue weighted by Crippen LogP contribution is -2.31. The van der Waals surface area contributed by atoms with Crippen molar-refractivity contribution in [2.24, 2.45) is 11.8 Å². The fourth-order valence-corrected chi connectivity index (χ4v) is 3.03. The van der Waals surface area contributed by atoms with Gasteiger partial charge in [-0.2, -0.15) is 0 Å². The van der Waals surface area contributed by atoms with Crippen LogP contribution in [0.1, 0.15) is 31.2 Å². The first-order valence-electron chi connectivity index (χ1n) is 6.49. The molecule has 2 heterocycles. The molecule has 0 bridgehead atoms. The third-order valence-electron chi connectivity index (χ3n) is 3.97. The summed E-state index contributed by atoms with van der Waals surface area (Å²) in [5.74, 6) is 0.173. The van der Waals surface area contributed by atoms with E-state index < -0.39 is 0 Å². The van der Waals surface area contributed by atoms with Crippen molar-refractivity contribution in [1.29, 1.82) is 0 Å². The van der Waals surface area contributed by atoms with Gasteiger partial charge in [0.2, 0.25) is 11.8 Å². The molecule has 4 heteroatoms. The van der Waals surface area contributed by atoms with Gasteiger partial charge in [-0.3, -0.25) is 9.59 Å². The number of rotatable bonds is 1. The van der Waals surface area contributed by atoms with Crippen LogP contribution < -0.4 is 4.90 Å². The highest BCUT2D eigenvalue weighted by molar-refractivity contribution is 6.21. The minimum atomic E-state index is -0.103. The fourth-order valence-electron chi connectivity index (χ4n) is 3.03. The van der Waals surface area contributed by atoms with Crippen molar-refractivity contribution in [3.05, 3.63) is 23.9 Å². The van der Waals surface area contributed by atoms with Gasteiger partial charge in [0.25, 0.3) is 0 Å². The molecule has 1 aliphatic carbocycles. The van der Waals surface area contributed by atoms with Crippen molar-refractivity contribution < 1.29 is 9.59 Å². The minimum Gasteiger partial charge on any atom is -0.274 e. The summed E-state index contributed by atoms with van der Waals surface area (Å²) in [5.41, 5.74) is 1.01. The Morgan fingerprint density at radius 1 is 1.17 bits per heavy atom. The van der Waals surface area contributed by atoms with Crippen LogP contribution in [0.25, 0.3) is 0 Å². The summed E-state index contributed by atoms with van der Waals surface area (Å²) in [5, 5.41) is 0. The van der Waals surface area contributed by atoms with Gasteiger partial charge in [0.05, 0.1) is 11.8 Å². The Hall–Kier alpha value is -1.71. The van der Waals surface area contributed by atoms with Crippen LogP contribution >= 0.6 is 0 Å². The molecule has 1 aromatic heterocycles. The lowest BCUT2D eigenvalue weighted by atomic mass is 9.81. The Bertz CT molecular complexity index is 488. The van der Waals surface area contributed by atoms with Gasteiger partial charge in [0.1, 0.15) is 5.82 Å². The molecule has 0 N–H and O–H groups in total. The van der Waals surface area contributed by atoms with E-state index in [4.69, 9.17) is 0 Å². The molecule has 1 saturated heterocycles. The average molecular weight is 244 g/mol. The normalized spacial score (nSPS) is 27.5. The number of hydrogen-bond donors (Lipinski definition) is 0. The van der Waals surface area contributed by atoms with Crippen LogP contribution in [-0.2, 0) is 9.59 Å². The Morgan fingerprint density at radius 2 is 1.78 bits per heavy atom. The molecule has 2 atom stereocenters. The summed E-state index contributed by atoms with van der Waals surface area (Å²) in [6.07, 6.45) is 5.44. The maximum Gasteiger partial charge on any atom is 0.238 e. The SMILES string of the molecule is Cc1ccnc(N2C(=O)[C@H]3CCCC[C@H]3C2=O)c1. The molecule has 2 amide bonds. The molecule has 0 spiro atoms. The van der Waals surface area contributed by atoms with Gasteiger partial charge in [-0.25, -0.2) is 9.88 Å². The third kappa shape index (κ3) is 1.64. The van der Waals surface area contributed by atoms with Crippen LogP contribution in [0.3, 0.4) is 0 Å². The molecule has 94 valence electrons. The van der Waals surface area contributed by atoms with Gasteiger partial charge < -0.3 is 0 Å². The second-order valence-corrected chi connectivity index (χ2v) is 5.20. The van der Waals surface area contributed by atoms with Gasteiger partial charge in [-0.05, 0) is 37.5 Å². The molecule has 2 aliphatic rings. The van der Waals surface area contributed by atoms with E-state index in [2.05, 4.69) is 4.98 Å². The van der Waals surface area contributed by atoms with Crippen molar-refractivity contribution in [1.82, 2.24) is 4.98 Å². The van der Waals surface area contributed by atoms with Gasteiger partial charge in [-0.1, -0.05) is 12.8 Å². The quantitative estimate of drug-likeness (QED) is 0.710.